The van der Waals surface area contributed by atoms with Crippen molar-refractivity contribution in [2.24, 2.45) is 4.99 Å². The zero-order chi connectivity index (χ0) is 23.0. The lowest BCUT2D eigenvalue weighted by atomic mass is 10.1. The van der Waals surface area contributed by atoms with Crippen LogP contribution in [0.15, 0.2) is 53.5 Å². The van der Waals surface area contributed by atoms with Crippen LogP contribution in [0.2, 0.25) is 0 Å². The summed E-state index contributed by atoms with van der Waals surface area (Å²) in [6.07, 6.45) is 0.369. The van der Waals surface area contributed by atoms with E-state index in [2.05, 4.69) is 27.0 Å². The number of hydrogen-bond donors (Lipinski definition) is 3. The molecular formula is C25H36N4O3. The van der Waals surface area contributed by atoms with Crippen molar-refractivity contribution < 1.29 is 14.3 Å². The smallest absolute Gasteiger partial charge is 0.222 e. The highest BCUT2D eigenvalue weighted by atomic mass is 16.5. The fourth-order valence-corrected chi connectivity index (χ4v) is 2.97. The zero-order valence-corrected chi connectivity index (χ0v) is 19.4. The zero-order valence-electron chi connectivity index (χ0n) is 19.4. The summed E-state index contributed by atoms with van der Waals surface area (Å²) in [5.74, 6) is 1.49. The van der Waals surface area contributed by atoms with E-state index in [9.17, 15) is 4.79 Å². The molecule has 2 rings (SSSR count). The maximum atomic E-state index is 12.1. The highest BCUT2D eigenvalue weighted by Crippen LogP contribution is 2.21. The van der Waals surface area contributed by atoms with Gasteiger partial charge in [-0.1, -0.05) is 42.5 Å². The lowest BCUT2D eigenvalue weighted by Gasteiger charge is -2.14. The van der Waals surface area contributed by atoms with Gasteiger partial charge in [-0.05, 0) is 38.0 Å². The van der Waals surface area contributed by atoms with E-state index in [0.29, 0.717) is 51.8 Å². The predicted molar refractivity (Wildman–Crippen MR) is 129 cm³/mol. The minimum absolute atomic E-state index is 0.000667. The quantitative estimate of drug-likeness (QED) is 0.253. The van der Waals surface area contributed by atoms with Gasteiger partial charge in [0.2, 0.25) is 5.91 Å². The van der Waals surface area contributed by atoms with E-state index in [1.807, 2.05) is 63.2 Å². The van der Waals surface area contributed by atoms with Gasteiger partial charge in [-0.2, -0.15) is 0 Å². The Kier molecular flexibility index (Phi) is 11.7. The first-order valence-corrected chi connectivity index (χ1v) is 11.2. The average molecular weight is 441 g/mol. The van der Waals surface area contributed by atoms with Crippen LogP contribution in [0.25, 0.3) is 0 Å². The van der Waals surface area contributed by atoms with Crippen LogP contribution < -0.4 is 20.7 Å². The highest BCUT2D eigenvalue weighted by molar-refractivity contribution is 5.81. The van der Waals surface area contributed by atoms with Gasteiger partial charge in [0.05, 0.1) is 13.2 Å². The molecule has 0 unspecified atom stereocenters. The van der Waals surface area contributed by atoms with Crippen molar-refractivity contribution in [1.82, 2.24) is 16.0 Å². The standard InChI is InChI=1S/C25H36N4O3/c1-4-26-25(27-14-13-24(30)28-18-21-9-7-6-8-10-21)29-19-22-12-11-20(3)17-23(22)32-16-15-31-5-2/h6-12,17H,4-5,13-16,18-19H2,1-3H3,(H,28,30)(H2,26,27,29). The van der Waals surface area contributed by atoms with Gasteiger partial charge in [0.15, 0.2) is 5.96 Å². The Balaban J connectivity index is 1.84. The molecule has 174 valence electrons. The van der Waals surface area contributed by atoms with E-state index in [-0.39, 0.29) is 5.91 Å². The van der Waals surface area contributed by atoms with Gasteiger partial charge < -0.3 is 25.4 Å². The van der Waals surface area contributed by atoms with Gasteiger partial charge in [-0.3, -0.25) is 4.79 Å². The van der Waals surface area contributed by atoms with Crippen molar-refractivity contribution in [1.29, 1.82) is 0 Å². The van der Waals surface area contributed by atoms with Crippen LogP contribution >= 0.6 is 0 Å². The first-order valence-electron chi connectivity index (χ1n) is 11.2. The number of nitrogens with one attached hydrogen (secondary N) is 3. The van der Waals surface area contributed by atoms with E-state index >= 15 is 0 Å². The first kappa shape index (κ1) is 25.2. The monoisotopic (exact) mass is 440 g/mol. The minimum atomic E-state index is 0.000667. The largest absolute Gasteiger partial charge is 0.491 e. The van der Waals surface area contributed by atoms with Crippen LogP contribution in [0.5, 0.6) is 5.75 Å². The third-order valence-corrected chi connectivity index (χ3v) is 4.64. The lowest BCUT2D eigenvalue weighted by molar-refractivity contribution is -0.121. The minimum Gasteiger partial charge on any atom is -0.491 e. The van der Waals surface area contributed by atoms with Crippen LogP contribution in [0.3, 0.4) is 0 Å². The molecule has 7 heteroatoms. The van der Waals surface area contributed by atoms with Gasteiger partial charge in [0.1, 0.15) is 12.4 Å². The molecular weight excluding hydrogens is 404 g/mol. The number of carbonyl (C=O) groups is 1. The number of nitrogens with zero attached hydrogens (tertiary/aromatic N) is 1. The highest BCUT2D eigenvalue weighted by Gasteiger charge is 2.06. The van der Waals surface area contributed by atoms with Crippen LogP contribution in [0.1, 0.15) is 37.0 Å². The van der Waals surface area contributed by atoms with E-state index in [1.54, 1.807) is 0 Å². The van der Waals surface area contributed by atoms with Crippen molar-refractivity contribution in [3.63, 3.8) is 0 Å². The first-order chi connectivity index (χ1) is 15.6. The fraction of sp³-hybridized carbons (Fsp3) is 0.440. The van der Waals surface area contributed by atoms with Gasteiger partial charge in [-0.25, -0.2) is 4.99 Å². The number of rotatable bonds is 13. The van der Waals surface area contributed by atoms with E-state index in [0.717, 1.165) is 29.0 Å². The third kappa shape index (κ3) is 9.83. The normalized spacial score (nSPS) is 11.2. The summed E-state index contributed by atoms with van der Waals surface area (Å²) in [5, 5.41) is 9.39. The van der Waals surface area contributed by atoms with Crippen LogP contribution in [0, 0.1) is 6.92 Å². The molecule has 0 radical (unpaired) electrons. The topological polar surface area (TPSA) is 84.0 Å². The SMILES string of the molecule is CCNC(=NCc1ccc(C)cc1OCCOCC)NCCC(=O)NCc1ccccc1. The second-order valence-corrected chi connectivity index (χ2v) is 7.29. The molecule has 2 aromatic carbocycles. The summed E-state index contributed by atoms with van der Waals surface area (Å²) in [6, 6.07) is 16.0. The molecule has 0 aromatic heterocycles. The van der Waals surface area contributed by atoms with Crippen LogP contribution in [0.4, 0.5) is 0 Å². The van der Waals surface area contributed by atoms with Crippen molar-refractivity contribution in [3.05, 3.63) is 65.2 Å². The van der Waals surface area contributed by atoms with Gasteiger partial charge in [0, 0.05) is 38.2 Å². The Bertz CT molecular complexity index is 840. The van der Waals surface area contributed by atoms with Gasteiger partial charge in [-0.15, -0.1) is 0 Å². The number of benzene rings is 2. The Morgan fingerprint density at radius 1 is 1.00 bits per heavy atom. The number of aryl methyl sites for hydroxylation is 1. The van der Waals surface area contributed by atoms with Crippen LogP contribution in [-0.2, 0) is 22.6 Å². The van der Waals surface area contributed by atoms with Crippen molar-refractivity contribution in [2.45, 2.75) is 40.3 Å². The molecule has 2 aromatic rings. The second kappa shape index (κ2) is 14.9. The number of carbonyl (C=O) groups excluding carboxylic acids is 1. The summed E-state index contributed by atoms with van der Waals surface area (Å²) in [5.41, 5.74) is 3.22. The number of amides is 1. The van der Waals surface area contributed by atoms with E-state index < -0.39 is 0 Å². The molecule has 0 fully saturated rings. The van der Waals surface area contributed by atoms with Crippen molar-refractivity contribution >= 4 is 11.9 Å². The lowest BCUT2D eigenvalue weighted by Crippen LogP contribution is -2.39. The Labute approximate surface area is 191 Å². The Morgan fingerprint density at radius 3 is 2.56 bits per heavy atom. The summed E-state index contributed by atoms with van der Waals surface area (Å²) in [4.78, 5) is 16.8. The number of ether oxygens (including phenoxy) is 2. The molecule has 0 saturated carbocycles. The molecule has 0 atom stereocenters. The third-order valence-electron chi connectivity index (χ3n) is 4.64. The molecule has 0 aliphatic rings. The van der Waals surface area contributed by atoms with Crippen molar-refractivity contribution in [2.75, 3.05) is 32.9 Å². The summed E-state index contributed by atoms with van der Waals surface area (Å²) >= 11 is 0. The molecule has 1 amide bonds. The molecule has 7 nitrogen and oxygen atoms in total. The van der Waals surface area contributed by atoms with Gasteiger partial charge >= 0.3 is 0 Å². The molecule has 0 aliphatic heterocycles. The molecule has 0 bridgehead atoms. The number of aliphatic imine (C=N–C) groups is 1. The average Bonchev–Trinajstić information content (AvgIpc) is 2.80. The Hall–Kier alpha value is -3.06. The maximum Gasteiger partial charge on any atom is 0.222 e. The predicted octanol–water partition coefficient (Wildman–Crippen LogP) is 3.17. The summed E-state index contributed by atoms with van der Waals surface area (Å²) in [7, 11) is 0. The fourth-order valence-electron chi connectivity index (χ4n) is 2.97. The van der Waals surface area contributed by atoms with E-state index in [4.69, 9.17) is 9.47 Å². The van der Waals surface area contributed by atoms with Crippen LogP contribution in [-0.4, -0.2) is 44.8 Å². The van der Waals surface area contributed by atoms with Gasteiger partial charge in [0.25, 0.3) is 0 Å². The van der Waals surface area contributed by atoms with E-state index in [1.165, 1.54) is 0 Å². The molecule has 0 aliphatic carbocycles. The Morgan fingerprint density at radius 2 is 1.81 bits per heavy atom. The molecule has 3 N–H and O–H groups in total. The molecule has 32 heavy (non-hydrogen) atoms. The number of guanidine groups is 1. The second-order valence-electron chi connectivity index (χ2n) is 7.29. The van der Waals surface area contributed by atoms with Crippen molar-refractivity contribution in [3.8, 4) is 5.75 Å². The number of hydrogen-bond acceptors (Lipinski definition) is 4. The summed E-state index contributed by atoms with van der Waals surface area (Å²) in [6.45, 7) is 10.00. The molecule has 0 saturated heterocycles. The molecule has 0 spiro atoms. The maximum absolute atomic E-state index is 12.1. The molecule has 0 heterocycles. The summed E-state index contributed by atoms with van der Waals surface area (Å²) < 4.78 is 11.3.